The number of aliphatic hydroxyl groups excluding tert-OH is 1. The number of thiazole rings is 1. The third-order valence-electron chi connectivity index (χ3n) is 6.58. The molecule has 0 spiro atoms. The monoisotopic (exact) mass is 542 g/mol. The molecule has 1 unspecified atom stereocenters. The van der Waals surface area contributed by atoms with Crippen molar-refractivity contribution in [1.82, 2.24) is 4.98 Å². The molecule has 1 amide bonds. The Morgan fingerprint density at radius 2 is 1.67 bits per heavy atom. The molecule has 5 rings (SSSR count). The third kappa shape index (κ3) is 5.25. The SMILES string of the molecule is CCCCOc1ccc(C2/C(=C(\O)c3ccc(OCC)cc3)C(=O)C(=O)N2c2nc3ccc(C)cc3s2)cc1. The van der Waals surface area contributed by atoms with Gasteiger partial charge in [0.1, 0.15) is 17.3 Å². The number of hydrogen-bond donors (Lipinski definition) is 1. The maximum Gasteiger partial charge on any atom is 0.301 e. The number of carbonyl (C=O) groups is 2. The van der Waals surface area contributed by atoms with E-state index in [-0.39, 0.29) is 11.3 Å². The van der Waals surface area contributed by atoms with Gasteiger partial charge < -0.3 is 14.6 Å². The van der Waals surface area contributed by atoms with E-state index >= 15 is 0 Å². The highest BCUT2D eigenvalue weighted by molar-refractivity contribution is 7.22. The van der Waals surface area contributed by atoms with E-state index < -0.39 is 17.7 Å². The highest BCUT2D eigenvalue weighted by Gasteiger charge is 2.48. The van der Waals surface area contributed by atoms with Crippen LogP contribution < -0.4 is 14.4 Å². The van der Waals surface area contributed by atoms with Gasteiger partial charge in [-0.1, -0.05) is 42.9 Å². The van der Waals surface area contributed by atoms with Gasteiger partial charge in [-0.15, -0.1) is 0 Å². The van der Waals surface area contributed by atoms with E-state index in [1.165, 1.54) is 16.2 Å². The van der Waals surface area contributed by atoms with Crippen molar-refractivity contribution in [3.05, 3.63) is 89.0 Å². The normalized spacial score (nSPS) is 16.7. The number of anilines is 1. The van der Waals surface area contributed by atoms with Gasteiger partial charge in [0, 0.05) is 5.56 Å². The van der Waals surface area contributed by atoms with Crippen LogP contribution >= 0.6 is 11.3 Å². The summed E-state index contributed by atoms with van der Waals surface area (Å²) in [5.41, 5.74) is 2.91. The summed E-state index contributed by atoms with van der Waals surface area (Å²) in [7, 11) is 0. The lowest BCUT2D eigenvalue weighted by molar-refractivity contribution is -0.132. The lowest BCUT2D eigenvalue weighted by Crippen LogP contribution is -2.29. The van der Waals surface area contributed by atoms with Gasteiger partial charge in [-0.05, 0) is 79.9 Å². The molecule has 39 heavy (non-hydrogen) atoms. The number of rotatable bonds is 9. The number of fused-ring (bicyclic) bond motifs is 1. The summed E-state index contributed by atoms with van der Waals surface area (Å²) in [5, 5.41) is 11.8. The number of ether oxygens (including phenoxy) is 2. The van der Waals surface area contributed by atoms with Crippen LogP contribution in [0, 0.1) is 6.92 Å². The predicted octanol–water partition coefficient (Wildman–Crippen LogP) is 6.81. The second kappa shape index (κ2) is 11.3. The third-order valence-corrected chi connectivity index (χ3v) is 7.60. The van der Waals surface area contributed by atoms with E-state index in [0.717, 1.165) is 28.6 Å². The zero-order valence-electron chi connectivity index (χ0n) is 22.1. The summed E-state index contributed by atoms with van der Waals surface area (Å²) in [6.45, 7) is 7.10. The molecule has 1 N–H and O–H groups in total. The highest BCUT2D eigenvalue weighted by Crippen LogP contribution is 2.44. The molecule has 1 saturated heterocycles. The van der Waals surface area contributed by atoms with Gasteiger partial charge in [0.05, 0.1) is 35.0 Å². The molecule has 0 radical (unpaired) electrons. The number of aryl methyl sites for hydroxylation is 1. The molecular weight excluding hydrogens is 512 g/mol. The van der Waals surface area contributed by atoms with E-state index in [1.54, 1.807) is 24.3 Å². The molecule has 4 aromatic rings. The molecule has 1 aliphatic rings. The minimum absolute atomic E-state index is 0.0132. The largest absolute Gasteiger partial charge is 0.507 e. The van der Waals surface area contributed by atoms with Crippen LogP contribution in [-0.2, 0) is 9.59 Å². The molecule has 3 aromatic carbocycles. The van der Waals surface area contributed by atoms with Crippen LogP contribution in [0.1, 0.15) is 49.4 Å². The lowest BCUT2D eigenvalue weighted by Gasteiger charge is -2.23. The van der Waals surface area contributed by atoms with Crippen molar-refractivity contribution in [2.75, 3.05) is 18.1 Å². The first-order chi connectivity index (χ1) is 18.9. The quantitative estimate of drug-likeness (QED) is 0.108. The molecule has 1 aliphatic heterocycles. The first kappa shape index (κ1) is 26.4. The number of Topliss-reactive ketones (excluding diaryl/α,β-unsaturated/α-hetero) is 1. The van der Waals surface area contributed by atoms with E-state index in [0.29, 0.717) is 41.0 Å². The molecule has 7 nitrogen and oxygen atoms in total. The standard InChI is InChI=1S/C31H30N2O5S/c1-4-6-17-38-23-12-8-20(9-13-23)27-26(28(34)21-10-14-22(15-11-21)37-5-2)29(35)30(36)33(27)31-32-24-16-7-19(3)18-25(24)39-31/h7-16,18,27,34H,4-6,17H2,1-3H3/b28-26+. The van der Waals surface area contributed by atoms with Crippen molar-refractivity contribution in [2.45, 2.75) is 39.7 Å². The number of aliphatic hydroxyl groups is 1. The number of unbranched alkanes of at least 4 members (excludes halogenated alkanes) is 1. The fourth-order valence-electron chi connectivity index (χ4n) is 4.58. The van der Waals surface area contributed by atoms with Crippen LogP contribution in [0.2, 0.25) is 0 Å². The second-order valence-electron chi connectivity index (χ2n) is 9.37. The van der Waals surface area contributed by atoms with Crippen LogP contribution in [0.3, 0.4) is 0 Å². The Morgan fingerprint density at radius 3 is 2.36 bits per heavy atom. The summed E-state index contributed by atoms with van der Waals surface area (Å²) in [6, 6.07) is 19.1. The average molecular weight is 543 g/mol. The Kier molecular flexibility index (Phi) is 7.65. The Morgan fingerprint density at radius 1 is 0.974 bits per heavy atom. The molecule has 1 atom stereocenters. The van der Waals surface area contributed by atoms with Crippen LogP contribution in [0.4, 0.5) is 5.13 Å². The zero-order valence-corrected chi connectivity index (χ0v) is 23.0. The minimum atomic E-state index is -0.858. The van der Waals surface area contributed by atoms with Gasteiger partial charge in [-0.2, -0.15) is 0 Å². The molecule has 0 aliphatic carbocycles. The number of carbonyl (C=O) groups excluding carboxylic acids is 2. The van der Waals surface area contributed by atoms with Crippen molar-refractivity contribution in [3.63, 3.8) is 0 Å². The van der Waals surface area contributed by atoms with E-state index in [9.17, 15) is 14.7 Å². The van der Waals surface area contributed by atoms with E-state index in [4.69, 9.17) is 9.47 Å². The minimum Gasteiger partial charge on any atom is -0.507 e. The molecule has 0 bridgehead atoms. The number of hydrogen-bond acceptors (Lipinski definition) is 7. The van der Waals surface area contributed by atoms with Crippen molar-refractivity contribution in [1.29, 1.82) is 0 Å². The van der Waals surface area contributed by atoms with Gasteiger partial charge in [-0.3, -0.25) is 14.5 Å². The lowest BCUT2D eigenvalue weighted by atomic mass is 9.95. The second-order valence-corrected chi connectivity index (χ2v) is 10.4. The van der Waals surface area contributed by atoms with Crippen LogP contribution in [0.15, 0.2) is 72.3 Å². The maximum atomic E-state index is 13.5. The molecule has 0 saturated carbocycles. The fraction of sp³-hybridized carbons (Fsp3) is 0.258. The number of nitrogens with zero attached hydrogens (tertiary/aromatic N) is 2. The topological polar surface area (TPSA) is 89.0 Å². The first-order valence-electron chi connectivity index (χ1n) is 13.1. The van der Waals surface area contributed by atoms with Crippen molar-refractivity contribution in [3.8, 4) is 11.5 Å². The summed E-state index contributed by atoms with van der Waals surface area (Å²) in [4.78, 5) is 33.1. The van der Waals surface area contributed by atoms with Crippen molar-refractivity contribution in [2.24, 2.45) is 0 Å². The molecule has 2 heterocycles. The van der Waals surface area contributed by atoms with Gasteiger partial charge in [0.15, 0.2) is 5.13 Å². The van der Waals surface area contributed by atoms with Gasteiger partial charge >= 0.3 is 5.91 Å². The average Bonchev–Trinajstić information content (AvgIpc) is 3.47. The number of ketones is 1. The summed E-state index contributed by atoms with van der Waals surface area (Å²) in [5.74, 6) is -0.388. The summed E-state index contributed by atoms with van der Waals surface area (Å²) in [6.07, 6.45) is 1.97. The highest BCUT2D eigenvalue weighted by atomic mass is 32.1. The van der Waals surface area contributed by atoms with Crippen molar-refractivity contribution < 1.29 is 24.2 Å². The predicted molar refractivity (Wildman–Crippen MR) is 154 cm³/mol. The Labute approximate surface area is 231 Å². The number of aromatic nitrogens is 1. The van der Waals surface area contributed by atoms with Crippen molar-refractivity contribution >= 4 is 44.1 Å². The smallest absolute Gasteiger partial charge is 0.301 e. The summed E-state index contributed by atoms with van der Waals surface area (Å²) < 4.78 is 12.2. The molecule has 8 heteroatoms. The number of benzene rings is 3. The van der Waals surface area contributed by atoms with Gasteiger partial charge in [0.25, 0.3) is 5.78 Å². The Bertz CT molecular complexity index is 1540. The Balaban J connectivity index is 1.61. The van der Waals surface area contributed by atoms with Crippen LogP contribution in [0.25, 0.3) is 16.0 Å². The molecular formula is C31H30N2O5S. The van der Waals surface area contributed by atoms with Gasteiger partial charge in [-0.25, -0.2) is 4.98 Å². The number of amides is 1. The van der Waals surface area contributed by atoms with Crippen LogP contribution in [-0.4, -0.2) is 35.0 Å². The van der Waals surface area contributed by atoms with E-state index in [1.807, 2.05) is 56.3 Å². The zero-order chi connectivity index (χ0) is 27.5. The Hall–Kier alpha value is -4.17. The fourth-order valence-corrected chi connectivity index (χ4v) is 5.67. The van der Waals surface area contributed by atoms with E-state index in [2.05, 4.69) is 11.9 Å². The summed E-state index contributed by atoms with van der Waals surface area (Å²) >= 11 is 1.34. The molecule has 1 fully saturated rings. The molecule has 1 aromatic heterocycles. The molecule has 200 valence electrons. The first-order valence-corrected chi connectivity index (χ1v) is 13.9. The van der Waals surface area contributed by atoms with Gasteiger partial charge in [0.2, 0.25) is 0 Å². The van der Waals surface area contributed by atoms with Crippen LogP contribution in [0.5, 0.6) is 11.5 Å². The maximum absolute atomic E-state index is 13.5.